The van der Waals surface area contributed by atoms with E-state index in [-0.39, 0.29) is 5.97 Å². The van der Waals surface area contributed by atoms with Gasteiger partial charge < -0.3 is 14.2 Å². The van der Waals surface area contributed by atoms with Gasteiger partial charge in [-0.05, 0) is 60.9 Å². The second-order valence-electron chi connectivity index (χ2n) is 6.19. The highest BCUT2D eigenvalue weighted by Crippen LogP contribution is 2.18. The molecular weight excluding hydrogens is 356 g/mol. The molecule has 5 heteroatoms. The molecule has 0 unspecified atom stereocenters. The lowest BCUT2D eigenvalue weighted by Gasteiger charge is -2.06. The first-order valence-corrected chi connectivity index (χ1v) is 9.52. The van der Waals surface area contributed by atoms with Crippen LogP contribution in [-0.4, -0.2) is 25.2 Å². The second-order valence-corrected chi connectivity index (χ2v) is 6.19. The van der Waals surface area contributed by atoms with Crippen LogP contribution in [0.5, 0.6) is 11.5 Å². The van der Waals surface area contributed by atoms with Gasteiger partial charge in [-0.1, -0.05) is 32.4 Å². The van der Waals surface area contributed by atoms with Crippen LogP contribution < -0.4 is 9.47 Å². The van der Waals surface area contributed by atoms with E-state index in [1.165, 1.54) is 6.08 Å². The van der Waals surface area contributed by atoms with E-state index in [9.17, 15) is 9.59 Å². The first-order chi connectivity index (χ1) is 13.6. The number of ether oxygens (including phenoxy) is 3. The molecule has 28 heavy (non-hydrogen) atoms. The van der Waals surface area contributed by atoms with Crippen LogP contribution in [0.4, 0.5) is 0 Å². The number of carbonyl (C=O) groups is 2. The minimum absolute atomic E-state index is 0.348. The van der Waals surface area contributed by atoms with E-state index in [4.69, 9.17) is 14.2 Å². The zero-order valence-electron chi connectivity index (χ0n) is 16.4. The molecule has 0 aliphatic heterocycles. The van der Waals surface area contributed by atoms with Gasteiger partial charge in [0.15, 0.2) is 0 Å². The minimum atomic E-state index is -0.480. The third kappa shape index (κ3) is 7.27. The van der Waals surface area contributed by atoms with Gasteiger partial charge in [-0.25, -0.2) is 9.59 Å². The summed E-state index contributed by atoms with van der Waals surface area (Å²) in [5.41, 5.74) is 1.26. The Morgan fingerprint density at radius 3 is 2.18 bits per heavy atom. The molecule has 0 radical (unpaired) electrons. The summed E-state index contributed by atoms with van der Waals surface area (Å²) in [6.07, 6.45) is 5.83. The van der Waals surface area contributed by atoms with Crippen molar-refractivity contribution in [1.29, 1.82) is 0 Å². The number of hydrogen-bond acceptors (Lipinski definition) is 5. The smallest absolute Gasteiger partial charge is 0.338 e. The highest BCUT2D eigenvalue weighted by atomic mass is 16.5. The van der Waals surface area contributed by atoms with E-state index < -0.39 is 5.97 Å². The van der Waals surface area contributed by atoms with Crippen LogP contribution in [0.3, 0.4) is 0 Å². The predicted molar refractivity (Wildman–Crippen MR) is 109 cm³/mol. The molecule has 0 aliphatic rings. The number of carbonyl (C=O) groups excluding carboxylic acids is 2. The second kappa shape index (κ2) is 11.6. The van der Waals surface area contributed by atoms with E-state index in [0.717, 1.165) is 30.6 Å². The molecule has 148 valence electrons. The topological polar surface area (TPSA) is 61.8 Å². The summed E-state index contributed by atoms with van der Waals surface area (Å²) in [5, 5.41) is 0. The monoisotopic (exact) mass is 382 g/mol. The summed E-state index contributed by atoms with van der Waals surface area (Å²) in [6.45, 7) is 5.12. The fourth-order valence-electron chi connectivity index (χ4n) is 2.26. The van der Waals surface area contributed by atoms with Gasteiger partial charge in [0.25, 0.3) is 0 Å². The fourth-order valence-corrected chi connectivity index (χ4v) is 2.26. The van der Waals surface area contributed by atoms with Gasteiger partial charge in [0, 0.05) is 6.08 Å². The summed E-state index contributed by atoms with van der Waals surface area (Å²) in [4.78, 5) is 23.7. The first-order valence-electron chi connectivity index (χ1n) is 9.52. The standard InChI is InChI=1S/C23H26O5/c1-3-5-17-26-20-11-13-21(14-12-20)28-22(24)15-8-18-6-9-19(10-7-18)23(25)27-16-4-2/h6-15H,3-5,16-17H2,1-2H3. The van der Waals surface area contributed by atoms with Crippen LogP contribution in [0.2, 0.25) is 0 Å². The molecule has 0 spiro atoms. The fraction of sp³-hybridized carbons (Fsp3) is 0.304. The number of rotatable bonds is 10. The maximum absolute atomic E-state index is 12.0. The molecule has 0 bridgehead atoms. The Bertz CT molecular complexity index is 776. The van der Waals surface area contributed by atoms with E-state index in [1.54, 1.807) is 54.6 Å². The van der Waals surface area contributed by atoms with Gasteiger partial charge in [0.2, 0.25) is 0 Å². The van der Waals surface area contributed by atoms with E-state index >= 15 is 0 Å². The van der Waals surface area contributed by atoms with Gasteiger partial charge in [-0.3, -0.25) is 0 Å². The minimum Gasteiger partial charge on any atom is -0.494 e. The third-order valence-corrected chi connectivity index (χ3v) is 3.80. The molecule has 0 aromatic heterocycles. The van der Waals surface area contributed by atoms with Crippen molar-refractivity contribution < 1.29 is 23.8 Å². The lowest BCUT2D eigenvalue weighted by molar-refractivity contribution is -0.128. The Labute approximate surface area is 165 Å². The number of benzene rings is 2. The number of esters is 2. The predicted octanol–water partition coefficient (Wildman–Crippen LogP) is 5.05. The molecule has 0 saturated carbocycles. The quantitative estimate of drug-likeness (QED) is 0.249. The molecule has 0 N–H and O–H groups in total. The molecule has 0 heterocycles. The molecule has 2 rings (SSSR count). The van der Waals surface area contributed by atoms with Crippen LogP contribution in [0, 0.1) is 0 Å². The van der Waals surface area contributed by atoms with Gasteiger partial charge in [0.05, 0.1) is 18.8 Å². The molecule has 0 saturated heterocycles. The summed E-state index contributed by atoms with van der Waals surface area (Å²) in [6, 6.07) is 13.8. The molecule has 0 amide bonds. The summed E-state index contributed by atoms with van der Waals surface area (Å²) in [7, 11) is 0. The number of unbranched alkanes of at least 4 members (excludes halogenated alkanes) is 1. The van der Waals surface area contributed by atoms with Crippen molar-refractivity contribution in [3.8, 4) is 11.5 Å². The molecule has 0 atom stereocenters. The Kier molecular flexibility index (Phi) is 8.79. The van der Waals surface area contributed by atoms with Crippen molar-refractivity contribution in [2.75, 3.05) is 13.2 Å². The lowest BCUT2D eigenvalue weighted by atomic mass is 10.1. The van der Waals surface area contributed by atoms with E-state index in [2.05, 4.69) is 6.92 Å². The Hall–Kier alpha value is -3.08. The molecule has 2 aromatic carbocycles. The van der Waals surface area contributed by atoms with Gasteiger partial charge in [0.1, 0.15) is 11.5 Å². The molecule has 5 nitrogen and oxygen atoms in total. The number of hydrogen-bond donors (Lipinski definition) is 0. The van der Waals surface area contributed by atoms with Crippen molar-refractivity contribution in [2.45, 2.75) is 33.1 Å². The van der Waals surface area contributed by atoms with Crippen LogP contribution in [0.25, 0.3) is 6.08 Å². The van der Waals surface area contributed by atoms with E-state index in [1.807, 2.05) is 6.92 Å². The third-order valence-electron chi connectivity index (χ3n) is 3.80. The maximum atomic E-state index is 12.0. The maximum Gasteiger partial charge on any atom is 0.338 e. The van der Waals surface area contributed by atoms with Crippen molar-refractivity contribution in [3.63, 3.8) is 0 Å². The zero-order valence-corrected chi connectivity index (χ0v) is 16.4. The Morgan fingerprint density at radius 2 is 1.54 bits per heavy atom. The van der Waals surface area contributed by atoms with Crippen molar-refractivity contribution in [3.05, 3.63) is 65.7 Å². The zero-order chi connectivity index (χ0) is 20.2. The Morgan fingerprint density at radius 1 is 0.857 bits per heavy atom. The van der Waals surface area contributed by atoms with E-state index in [0.29, 0.717) is 24.5 Å². The van der Waals surface area contributed by atoms with Crippen LogP contribution >= 0.6 is 0 Å². The summed E-state index contributed by atoms with van der Waals surface area (Å²) in [5.74, 6) is 0.373. The molecular formula is C23H26O5. The van der Waals surface area contributed by atoms with Gasteiger partial charge in [-0.2, -0.15) is 0 Å². The largest absolute Gasteiger partial charge is 0.494 e. The molecule has 2 aromatic rings. The highest BCUT2D eigenvalue weighted by Gasteiger charge is 2.06. The van der Waals surface area contributed by atoms with Crippen LogP contribution in [0.15, 0.2) is 54.6 Å². The normalized spacial score (nSPS) is 10.6. The average Bonchev–Trinajstić information content (AvgIpc) is 2.72. The summed E-state index contributed by atoms with van der Waals surface area (Å²) < 4.78 is 15.9. The van der Waals surface area contributed by atoms with Crippen molar-refractivity contribution >= 4 is 18.0 Å². The molecule has 0 aliphatic carbocycles. The first kappa shape index (κ1) is 21.2. The van der Waals surface area contributed by atoms with Crippen molar-refractivity contribution in [1.82, 2.24) is 0 Å². The summed E-state index contributed by atoms with van der Waals surface area (Å²) >= 11 is 0. The average molecular weight is 382 g/mol. The SMILES string of the molecule is CCCCOc1ccc(OC(=O)C=Cc2ccc(C(=O)OCCC)cc2)cc1. The van der Waals surface area contributed by atoms with Crippen LogP contribution in [-0.2, 0) is 9.53 Å². The van der Waals surface area contributed by atoms with Gasteiger partial charge >= 0.3 is 11.9 Å². The highest BCUT2D eigenvalue weighted by molar-refractivity contribution is 5.91. The van der Waals surface area contributed by atoms with Crippen molar-refractivity contribution in [2.24, 2.45) is 0 Å². The van der Waals surface area contributed by atoms with Gasteiger partial charge in [-0.15, -0.1) is 0 Å². The van der Waals surface area contributed by atoms with Crippen LogP contribution in [0.1, 0.15) is 49.0 Å². The lowest BCUT2D eigenvalue weighted by Crippen LogP contribution is -2.05. The Balaban J connectivity index is 1.85. The molecule has 0 fully saturated rings.